The molecule has 0 saturated heterocycles. The van der Waals surface area contributed by atoms with Crippen LogP contribution in [0.1, 0.15) is 30.9 Å². The first-order chi connectivity index (χ1) is 11.1. The van der Waals surface area contributed by atoms with Crippen LogP contribution < -0.4 is 5.32 Å². The highest BCUT2D eigenvalue weighted by Crippen LogP contribution is 2.23. The molecule has 1 atom stereocenters. The molecule has 0 fully saturated rings. The molecule has 1 N–H and O–H groups in total. The van der Waals surface area contributed by atoms with E-state index in [1.54, 1.807) is 0 Å². The highest BCUT2D eigenvalue weighted by Gasteiger charge is 2.22. The van der Waals surface area contributed by atoms with E-state index in [1.165, 1.54) is 6.92 Å². The van der Waals surface area contributed by atoms with Crippen molar-refractivity contribution in [3.05, 3.63) is 41.5 Å². The summed E-state index contributed by atoms with van der Waals surface area (Å²) in [6, 6.07) is 7.89. The number of cyclic esters (lactones) is 1. The fourth-order valence-electron chi connectivity index (χ4n) is 2.58. The molecule has 2 aliphatic rings. The lowest BCUT2D eigenvalue weighted by Gasteiger charge is -2.13. The summed E-state index contributed by atoms with van der Waals surface area (Å²) in [5.41, 5.74) is 3.85. The molecule has 1 unspecified atom stereocenters. The minimum absolute atomic E-state index is 0.0781. The smallest absolute Gasteiger partial charge is 0.310 e. The molecule has 1 aromatic carbocycles. The van der Waals surface area contributed by atoms with Gasteiger partial charge in [0.15, 0.2) is 0 Å². The zero-order valence-electron chi connectivity index (χ0n) is 12.9. The Hall–Kier alpha value is -2.63. The first-order valence-electron chi connectivity index (χ1n) is 7.54. The monoisotopic (exact) mass is 314 g/mol. The molecule has 3 rings (SSSR count). The Balaban J connectivity index is 1.63. The molecule has 0 radical (unpaired) electrons. The summed E-state index contributed by atoms with van der Waals surface area (Å²) in [4.78, 5) is 27.6. The van der Waals surface area contributed by atoms with Crippen LogP contribution in [-0.4, -0.2) is 36.8 Å². The van der Waals surface area contributed by atoms with Crippen LogP contribution in [0.2, 0.25) is 0 Å². The number of nitrogens with zero attached hydrogens (tertiary/aromatic N) is 1. The molecule has 1 amide bonds. The zero-order chi connectivity index (χ0) is 16.2. The second-order valence-corrected chi connectivity index (χ2v) is 5.57. The van der Waals surface area contributed by atoms with Gasteiger partial charge in [-0.3, -0.25) is 9.59 Å². The number of amides is 1. The number of carbonyl (C=O) groups excluding carboxylic acids is 2. The Bertz CT molecular complexity index is 676. The predicted octanol–water partition coefficient (Wildman–Crippen LogP) is 1.65. The van der Waals surface area contributed by atoms with Crippen molar-refractivity contribution in [3.8, 4) is 0 Å². The Morgan fingerprint density at radius 2 is 2.04 bits per heavy atom. The van der Waals surface area contributed by atoms with Crippen LogP contribution in [0.5, 0.6) is 0 Å². The van der Waals surface area contributed by atoms with Crippen LogP contribution >= 0.6 is 0 Å². The number of nitrogens with one attached hydrogen (secondary N) is 1. The van der Waals surface area contributed by atoms with Gasteiger partial charge in [0.25, 0.3) is 0 Å². The minimum atomic E-state index is -0.194. The van der Waals surface area contributed by atoms with Gasteiger partial charge in [-0.1, -0.05) is 29.4 Å². The minimum Gasteiger partial charge on any atom is -0.461 e. The maximum absolute atomic E-state index is 11.3. The summed E-state index contributed by atoms with van der Waals surface area (Å²) >= 11 is 0. The molecule has 0 aliphatic carbocycles. The van der Waals surface area contributed by atoms with Gasteiger partial charge in [-0.15, -0.1) is 0 Å². The van der Waals surface area contributed by atoms with Crippen molar-refractivity contribution in [1.82, 2.24) is 5.32 Å². The van der Waals surface area contributed by atoms with Gasteiger partial charge in [0.2, 0.25) is 5.91 Å². The second-order valence-electron chi connectivity index (χ2n) is 5.57. The third kappa shape index (κ3) is 3.77. The second kappa shape index (κ2) is 6.64. The van der Waals surface area contributed by atoms with Crippen LogP contribution in [0.15, 0.2) is 35.5 Å². The molecule has 0 saturated carbocycles. The number of hydrogen-bond acceptors (Lipinski definition) is 5. The summed E-state index contributed by atoms with van der Waals surface area (Å²) in [6.07, 6.45) is 2.77. The van der Waals surface area contributed by atoms with Crippen molar-refractivity contribution < 1.29 is 19.2 Å². The fourth-order valence-corrected chi connectivity index (χ4v) is 2.58. The van der Waals surface area contributed by atoms with Crippen LogP contribution in [0.3, 0.4) is 0 Å². The van der Waals surface area contributed by atoms with Crippen molar-refractivity contribution in [2.75, 3.05) is 13.2 Å². The van der Waals surface area contributed by atoms with Crippen LogP contribution in [0.25, 0.3) is 5.57 Å². The van der Waals surface area contributed by atoms with Gasteiger partial charge in [-0.2, -0.15) is 0 Å². The first-order valence-corrected chi connectivity index (χ1v) is 7.54. The highest BCUT2D eigenvalue weighted by atomic mass is 16.6. The number of oxime groups is 1. The maximum Gasteiger partial charge on any atom is 0.310 e. The third-order valence-electron chi connectivity index (χ3n) is 3.81. The Labute approximate surface area is 134 Å². The Morgan fingerprint density at radius 3 is 2.74 bits per heavy atom. The first kappa shape index (κ1) is 15.3. The number of ether oxygens (including phenoxy) is 1. The Kier molecular flexibility index (Phi) is 4.41. The summed E-state index contributed by atoms with van der Waals surface area (Å²) in [6.45, 7) is 2.27. The van der Waals surface area contributed by atoms with Crippen molar-refractivity contribution in [1.29, 1.82) is 0 Å². The molecule has 2 heterocycles. The van der Waals surface area contributed by atoms with Crippen LogP contribution in [0, 0.1) is 0 Å². The van der Waals surface area contributed by atoms with Gasteiger partial charge in [-0.05, 0) is 22.8 Å². The molecule has 1 aromatic rings. The van der Waals surface area contributed by atoms with Crippen molar-refractivity contribution in [3.63, 3.8) is 0 Å². The summed E-state index contributed by atoms with van der Waals surface area (Å²) < 4.78 is 4.91. The van der Waals surface area contributed by atoms with Gasteiger partial charge in [0.1, 0.15) is 12.7 Å². The number of benzene rings is 1. The normalized spacial score (nSPS) is 20.2. The average Bonchev–Trinajstić information content (AvgIpc) is 3.02. The molecule has 6 nitrogen and oxygen atoms in total. The van der Waals surface area contributed by atoms with Gasteiger partial charge in [0, 0.05) is 13.3 Å². The molecule has 2 aliphatic heterocycles. The van der Waals surface area contributed by atoms with E-state index in [0.29, 0.717) is 26.0 Å². The summed E-state index contributed by atoms with van der Waals surface area (Å²) in [7, 11) is 0. The molecule has 0 aromatic heterocycles. The molecule has 0 bridgehead atoms. The lowest BCUT2D eigenvalue weighted by atomic mass is 9.97. The van der Waals surface area contributed by atoms with Crippen molar-refractivity contribution in [2.24, 2.45) is 5.16 Å². The van der Waals surface area contributed by atoms with Gasteiger partial charge in [-0.25, -0.2) is 0 Å². The van der Waals surface area contributed by atoms with Crippen LogP contribution in [-0.2, 0) is 19.2 Å². The van der Waals surface area contributed by atoms with Gasteiger partial charge in [0.05, 0.1) is 18.7 Å². The van der Waals surface area contributed by atoms with E-state index in [0.717, 1.165) is 22.4 Å². The number of rotatable bonds is 4. The SMILES string of the molecule is CC(=O)NCC1CC(c2ccc(C3=CCOC(=O)C3)cc2)=NO1. The average molecular weight is 314 g/mol. The van der Waals surface area contributed by atoms with Crippen molar-refractivity contribution >= 4 is 23.2 Å². The summed E-state index contributed by atoms with van der Waals surface area (Å²) in [5.74, 6) is -0.272. The number of hydrogen-bond donors (Lipinski definition) is 1. The van der Waals surface area contributed by atoms with E-state index in [-0.39, 0.29) is 18.0 Å². The highest BCUT2D eigenvalue weighted by molar-refractivity contribution is 6.01. The van der Waals surface area contributed by atoms with Crippen LogP contribution in [0.4, 0.5) is 0 Å². The predicted molar refractivity (Wildman–Crippen MR) is 84.7 cm³/mol. The van der Waals surface area contributed by atoms with E-state index >= 15 is 0 Å². The van der Waals surface area contributed by atoms with Crippen molar-refractivity contribution in [2.45, 2.75) is 25.9 Å². The molecular weight excluding hydrogens is 296 g/mol. The van der Waals surface area contributed by atoms with E-state index in [4.69, 9.17) is 9.57 Å². The molecule has 23 heavy (non-hydrogen) atoms. The molecule has 0 spiro atoms. The molecule has 120 valence electrons. The van der Waals surface area contributed by atoms with Gasteiger partial charge >= 0.3 is 5.97 Å². The van der Waals surface area contributed by atoms with E-state index in [2.05, 4.69) is 10.5 Å². The largest absolute Gasteiger partial charge is 0.461 e. The van der Waals surface area contributed by atoms with E-state index in [9.17, 15) is 9.59 Å². The lowest BCUT2D eigenvalue weighted by Crippen LogP contribution is -2.30. The standard InChI is InChI=1S/C17H18N2O4/c1-11(20)18-10-15-9-16(19-23-15)13-4-2-12(3-5-13)14-6-7-22-17(21)8-14/h2-6,15H,7-10H2,1H3,(H,18,20). The Morgan fingerprint density at radius 1 is 1.30 bits per heavy atom. The maximum atomic E-state index is 11.3. The topological polar surface area (TPSA) is 77.0 Å². The van der Waals surface area contributed by atoms with E-state index in [1.807, 2.05) is 30.3 Å². The number of carbonyl (C=O) groups is 2. The lowest BCUT2D eigenvalue weighted by molar-refractivity contribution is -0.141. The molecule has 6 heteroatoms. The summed E-state index contributed by atoms with van der Waals surface area (Å²) in [5, 5.41) is 6.82. The van der Waals surface area contributed by atoms with Gasteiger partial charge < -0.3 is 14.9 Å². The fraction of sp³-hybridized carbons (Fsp3) is 0.353. The number of esters is 1. The quantitative estimate of drug-likeness (QED) is 0.857. The third-order valence-corrected chi connectivity index (χ3v) is 3.81. The molecular formula is C17H18N2O4. The zero-order valence-corrected chi connectivity index (χ0v) is 12.9. The van der Waals surface area contributed by atoms with E-state index < -0.39 is 0 Å².